The molecular formula is C24H24N4O2. The summed E-state index contributed by atoms with van der Waals surface area (Å²) in [4.78, 5) is 31.9. The molecule has 6 nitrogen and oxygen atoms in total. The van der Waals surface area contributed by atoms with Crippen molar-refractivity contribution in [2.45, 2.75) is 37.6 Å². The minimum Gasteiger partial charge on any atom is -0.356 e. The number of Topliss-reactive ketones (excluding diaryl/α,β-unsaturated/α-hetero) is 1. The van der Waals surface area contributed by atoms with Gasteiger partial charge in [0.05, 0.1) is 16.9 Å². The van der Waals surface area contributed by atoms with Gasteiger partial charge in [0.25, 0.3) is 0 Å². The third-order valence-corrected chi connectivity index (χ3v) is 6.23. The molecule has 30 heavy (non-hydrogen) atoms. The normalized spacial score (nSPS) is 19.1. The van der Waals surface area contributed by atoms with E-state index in [2.05, 4.69) is 20.6 Å². The van der Waals surface area contributed by atoms with Gasteiger partial charge in [-0.2, -0.15) is 0 Å². The monoisotopic (exact) mass is 400 g/mol. The fourth-order valence-corrected chi connectivity index (χ4v) is 4.64. The standard InChI is InChI=1S/C24H24N4O2/c29-15-26-24(8-9-24)14-16-12-19-21(20(30)13-16)23(27-18-4-2-1-3-5-18)22(28-19)17-6-10-25-11-7-17/h1-7,10-11,15-16,27-28H,8-9,12-14H2,(H,26,29). The highest BCUT2D eigenvalue weighted by Gasteiger charge is 2.45. The Labute approximate surface area is 175 Å². The first-order valence-corrected chi connectivity index (χ1v) is 10.4. The van der Waals surface area contributed by atoms with Crippen molar-refractivity contribution in [1.29, 1.82) is 0 Å². The number of para-hydroxylation sites is 1. The van der Waals surface area contributed by atoms with E-state index in [4.69, 9.17) is 0 Å². The molecule has 0 aliphatic heterocycles. The van der Waals surface area contributed by atoms with Crippen molar-refractivity contribution in [3.63, 3.8) is 0 Å². The summed E-state index contributed by atoms with van der Waals surface area (Å²) in [6.45, 7) is 0. The highest BCUT2D eigenvalue weighted by molar-refractivity contribution is 6.07. The summed E-state index contributed by atoms with van der Waals surface area (Å²) in [5.74, 6) is 0.381. The molecule has 1 amide bonds. The molecule has 1 atom stereocenters. The first kappa shape index (κ1) is 18.6. The van der Waals surface area contributed by atoms with Gasteiger partial charge in [0.15, 0.2) is 5.78 Å². The maximum atomic E-state index is 13.3. The number of aromatic nitrogens is 2. The van der Waals surface area contributed by atoms with Crippen LogP contribution in [0.2, 0.25) is 0 Å². The summed E-state index contributed by atoms with van der Waals surface area (Å²) in [6, 6.07) is 13.8. The molecule has 152 valence electrons. The van der Waals surface area contributed by atoms with E-state index >= 15 is 0 Å². The molecule has 0 spiro atoms. The fraction of sp³-hybridized carbons (Fsp3) is 0.292. The summed E-state index contributed by atoms with van der Waals surface area (Å²) in [5, 5.41) is 6.45. The number of rotatable bonds is 7. The first-order valence-electron chi connectivity index (χ1n) is 10.4. The van der Waals surface area contributed by atoms with Gasteiger partial charge in [-0.3, -0.25) is 14.6 Å². The quantitative estimate of drug-likeness (QED) is 0.518. The van der Waals surface area contributed by atoms with Crippen LogP contribution in [0.15, 0.2) is 54.9 Å². The number of hydrogen-bond acceptors (Lipinski definition) is 4. The number of H-pyrrole nitrogens is 1. The smallest absolute Gasteiger partial charge is 0.207 e. The fourth-order valence-electron chi connectivity index (χ4n) is 4.64. The molecule has 2 heterocycles. The molecule has 2 aliphatic carbocycles. The number of pyridine rings is 1. The van der Waals surface area contributed by atoms with Crippen LogP contribution in [0.25, 0.3) is 11.3 Å². The lowest BCUT2D eigenvalue weighted by molar-refractivity contribution is -0.110. The Morgan fingerprint density at radius 1 is 1.10 bits per heavy atom. The van der Waals surface area contributed by atoms with Crippen LogP contribution in [0.4, 0.5) is 11.4 Å². The van der Waals surface area contributed by atoms with Gasteiger partial charge >= 0.3 is 0 Å². The molecule has 5 rings (SSSR count). The number of aromatic amines is 1. The van der Waals surface area contributed by atoms with Crippen LogP contribution in [-0.4, -0.2) is 27.7 Å². The molecule has 3 aromatic rings. The lowest BCUT2D eigenvalue weighted by Crippen LogP contribution is -2.34. The largest absolute Gasteiger partial charge is 0.356 e. The average molecular weight is 400 g/mol. The SMILES string of the molecule is O=CNC1(CC2CC(=O)c3c([nH]c(-c4ccncc4)c3Nc3ccccc3)C2)CC1. The van der Waals surface area contributed by atoms with E-state index in [-0.39, 0.29) is 17.2 Å². The summed E-state index contributed by atoms with van der Waals surface area (Å²) in [5.41, 5.74) is 5.31. The number of hydrogen-bond donors (Lipinski definition) is 3. The molecule has 1 unspecified atom stereocenters. The highest BCUT2D eigenvalue weighted by atomic mass is 16.1. The zero-order chi connectivity index (χ0) is 20.6. The molecule has 2 aromatic heterocycles. The van der Waals surface area contributed by atoms with Crippen molar-refractivity contribution in [3.05, 3.63) is 66.1 Å². The third-order valence-electron chi connectivity index (χ3n) is 6.23. The van der Waals surface area contributed by atoms with Crippen LogP contribution in [0.1, 0.15) is 41.7 Å². The Hall–Kier alpha value is -3.41. The summed E-state index contributed by atoms with van der Waals surface area (Å²) in [7, 11) is 0. The maximum Gasteiger partial charge on any atom is 0.207 e. The van der Waals surface area contributed by atoms with E-state index in [9.17, 15) is 9.59 Å². The summed E-state index contributed by atoms with van der Waals surface area (Å²) in [6.07, 6.45) is 8.46. The Morgan fingerprint density at radius 2 is 1.87 bits per heavy atom. The van der Waals surface area contributed by atoms with Crippen LogP contribution in [-0.2, 0) is 11.2 Å². The predicted octanol–water partition coefficient (Wildman–Crippen LogP) is 4.23. The van der Waals surface area contributed by atoms with Gasteiger partial charge in [-0.1, -0.05) is 18.2 Å². The van der Waals surface area contributed by atoms with Crippen molar-refractivity contribution in [1.82, 2.24) is 15.3 Å². The zero-order valence-corrected chi connectivity index (χ0v) is 16.7. The number of carbonyl (C=O) groups is 2. The van der Waals surface area contributed by atoms with Gasteiger partial charge in [0.1, 0.15) is 0 Å². The van der Waals surface area contributed by atoms with Gasteiger partial charge in [0.2, 0.25) is 6.41 Å². The Morgan fingerprint density at radius 3 is 2.57 bits per heavy atom. The number of ketones is 1. The molecule has 0 saturated heterocycles. The van der Waals surface area contributed by atoms with Gasteiger partial charge in [-0.15, -0.1) is 0 Å². The lowest BCUT2D eigenvalue weighted by Gasteiger charge is -2.26. The molecule has 1 fully saturated rings. The molecule has 0 bridgehead atoms. The van der Waals surface area contributed by atoms with E-state index in [0.29, 0.717) is 6.42 Å². The van der Waals surface area contributed by atoms with Crippen LogP contribution in [0, 0.1) is 5.92 Å². The molecular weight excluding hydrogens is 376 g/mol. The van der Waals surface area contributed by atoms with Gasteiger partial charge in [0, 0.05) is 41.3 Å². The van der Waals surface area contributed by atoms with Crippen LogP contribution in [0.3, 0.4) is 0 Å². The van der Waals surface area contributed by atoms with Gasteiger partial charge < -0.3 is 15.6 Å². The van der Waals surface area contributed by atoms with Crippen molar-refractivity contribution in [2.75, 3.05) is 5.32 Å². The molecule has 6 heteroatoms. The zero-order valence-electron chi connectivity index (χ0n) is 16.7. The van der Waals surface area contributed by atoms with Crippen molar-refractivity contribution >= 4 is 23.6 Å². The summed E-state index contributed by atoms with van der Waals surface area (Å²) < 4.78 is 0. The number of anilines is 2. The van der Waals surface area contributed by atoms with Crippen molar-refractivity contribution < 1.29 is 9.59 Å². The van der Waals surface area contributed by atoms with E-state index in [1.807, 2.05) is 42.5 Å². The third kappa shape index (κ3) is 3.49. The van der Waals surface area contributed by atoms with E-state index in [0.717, 1.165) is 66.0 Å². The molecule has 0 radical (unpaired) electrons. The Balaban J connectivity index is 1.51. The van der Waals surface area contributed by atoms with Gasteiger partial charge in [-0.25, -0.2) is 0 Å². The molecule has 3 N–H and O–H groups in total. The number of amides is 1. The van der Waals surface area contributed by atoms with E-state index in [1.54, 1.807) is 12.4 Å². The second-order valence-electron chi connectivity index (χ2n) is 8.40. The van der Waals surface area contributed by atoms with Crippen LogP contribution in [0.5, 0.6) is 0 Å². The lowest BCUT2D eigenvalue weighted by atomic mass is 9.82. The number of nitrogens with one attached hydrogen (secondary N) is 3. The van der Waals surface area contributed by atoms with E-state index in [1.165, 1.54) is 0 Å². The first-order chi connectivity index (χ1) is 14.7. The average Bonchev–Trinajstić information content (AvgIpc) is 3.41. The molecule has 1 aromatic carbocycles. The van der Waals surface area contributed by atoms with Gasteiger partial charge in [-0.05, 0) is 55.9 Å². The molecule has 1 saturated carbocycles. The Bertz CT molecular complexity index is 1070. The minimum absolute atomic E-state index is 0.101. The number of carbonyl (C=O) groups excluding carboxylic acids is 2. The maximum absolute atomic E-state index is 13.3. The van der Waals surface area contributed by atoms with Crippen molar-refractivity contribution in [2.24, 2.45) is 5.92 Å². The molecule has 2 aliphatic rings. The number of benzene rings is 1. The Kier molecular flexibility index (Phi) is 4.62. The topological polar surface area (TPSA) is 86.9 Å². The summed E-state index contributed by atoms with van der Waals surface area (Å²) >= 11 is 0. The number of nitrogens with zero attached hydrogens (tertiary/aromatic N) is 1. The second kappa shape index (κ2) is 7.44. The van der Waals surface area contributed by atoms with Crippen molar-refractivity contribution in [3.8, 4) is 11.3 Å². The minimum atomic E-state index is -0.101. The number of fused-ring (bicyclic) bond motifs is 1. The highest BCUT2D eigenvalue weighted by Crippen LogP contribution is 2.45. The predicted molar refractivity (Wildman–Crippen MR) is 116 cm³/mol. The van der Waals surface area contributed by atoms with E-state index < -0.39 is 0 Å². The second-order valence-corrected chi connectivity index (χ2v) is 8.40. The van der Waals surface area contributed by atoms with Crippen LogP contribution >= 0.6 is 0 Å². The van der Waals surface area contributed by atoms with Crippen LogP contribution < -0.4 is 10.6 Å².